The number of ether oxygens (including phenoxy) is 2. The Hall–Kier alpha value is -0.650. The average molecular weight is 231 g/mol. The Labute approximate surface area is 96.3 Å². The fourth-order valence-corrected chi connectivity index (χ4v) is 2.08. The molecule has 1 aliphatic heterocycles. The van der Waals surface area contributed by atoms with Crippen molar-refractivity contribution in [3.8, 4) is 0 Å². The molecule has 1 aliphatic rings. The summed E-state index contributed by atoms with van der Waals surface area (Å²) in [5.41, 5.74) is 0. The molecule has 0 amide bonds. The summed E-state index contributed by atoms with van der Waals surface area (Å²) in [6, 6.07) is 0.114. The summed E-state index contributed by atoms with van der Waals surface area (Å²) >= 11 is 0. The molecule has 0 aliphatic carbocycles. The maximum Gasteiger partial charge on any atom is 0.308 e. The topological polar surface area (TPSA) is 59.0 Å². The monoisotopic (exact) mass is 231 g/mol. The molecule has 0 radical (unpaired) electrons. The van der Waals surface area contributed by atoms with E-state index in [4.69, 9.17) is 14.6 Å². The van der Waals surface area contributed by atoms with Gasteiger partial charge in [0.25, 0.3) is 0 Å². The van der Waals surface area contributed by atoms with Crippen molar-refractivity contribution in [3.05, 3.63) is 0 Å². The number of rotatable bonds is 7. The number of hydrogen-bond donors (Lipinski definition) is 1. The van der Waals surface area contributed by atoms with Crippen LogP contribution in [0.5, 0.6) is 0 Å². The van der Waals surface area contributed by atoms with Gasteiger partial charge in [0.1, 0.15) is 0 Å². The fraction of sp³-hybridized carbons (Fsp3) is 0.909. The lowest BCUT2D eigenvalue weighted by Gasteiger charge is -2.22. The lowest BCUT2D eigenvalue weighted by molar-refractivity contribution is -0.142. The van der Waals surface area contributed by atoms with Crippen LogP contribution in [-0.2, 0) is 14.3 Å². The smallest absolute Gasteiger partial charge is 0.308 e. The summed E-state index contributed by atoms with van der Waals surface area (Å²) in [6.07, 6.45) is 0.745. The molecule has 0 spiro atoms. The minimum absolute atomic E-state index is 0.114. The van der Waals surface area contributed by atoms with Gasteiger partial charge in [-0.05, 0) is 19.9 Å². The molecule has 94 valence electrons. The number of hydrogen-bond acceptors (Lipinski definition) is 4. The van der Waals surface area contributed by atoms with E-state index in [0.717, 1.165) is 19.5 Å². The SMILES string of the molecule is COCCOCCN1CCC(C(=O)O)C1C. The predicted octanol–water partition coefficient (Wildman–Crippen LogP) is 0.444. The molecule has 0 aromatic rings. The summed E-state index contributed by atoms with van der Waals surface area (Å²) in [6.45, 7) is 5.47. The number of carbonyl (C=O) groups is 1. The van der Waals surface area contributed by atoms with Gasteiger partial charge < -0.3 is 14.6 Å². The van der Waals surface area contributed by atoms with Crippen LogP contribution in [0.3, 0.4) is 0 Å². The zero-order valence-corrected chi connectivity index (χ0v) is 10.0. The summed E-state index contributed by atoms with van der Waals surface area (Å²) in [5.74, 6) is -0.908. The van der Waals surface area contributed by atoms with Crippen molar-refractivity contribution in [2.75, 3.05) is 40.0 Å². The Morgan fingerprint density at radius 3 is 2.75 bits per heavy atom. The van der Waals surface area contributed by atoms with E-state index in [2.05, 4.69) is 4.90 Å². The van der Waals surface area contributed by atoms with E-state index < -0.39 is 5.97 Å². The van der Waals surface area contributed by atoms with E-state index >= 15 is 0 Å². The first-order valence-corrected chi connectivity index (χ1v) is 5.70. The maximum absolute atomic E-state index is 10.9. The summed E-state index contributed by atoms with van der Waals surface area (Å²) < 4.78 is 10.2. The number of methoxy groups -OCH3 is 1. The van der Waals surface area contributed by atoms with Crippen LogP contribution < -0.4 is 0 Å². The zero-order chi connectivity index (χ0) is 12.0. The van der Waals surface area contributed by atoms with Crippen molar-refractivity contribution in [1.82, 2.24) is 4.90 Å². The van der Waals surface area contributed by atoms with Crippen molar-refractivity contribution in [2.24, 2.45) is 5.92 Å². The third-order valence-electron chi connectivity index (χ3n) is 3.16. The highest BCUT2D eigenvalue weighted by atomic mass is 16.5. The van der Waals surface area contributed by atoms with E-state index in [1.807, 2.05) is 6.92 Å². The second kappa shape index (κ2) is 6.83. The summed E-state index contributed by atoms with van der Waals surface area (Å²) in [7, 11) is 1.64. The molecule has 1 heterocycles. The van der Waals surface area contributed by atoms with Crippen molar-refractivity contribution in [1.29, 1.82) is 0 Å². The van der Waals surface area contributed by atoms with Crippen LogP contribution in [0.1, 0.15) is 13.3 Å². The first-order valence-electron chi connectivity index (χ1n) is 5.70. The zero-order valence-electron chi connectivity index (χ0n) is 10.0. The number of carboxylic acids is 1. The van der Waals surface area contributed by atoms with Gasteiger partial charge in [-0.1, -0.05) is 0 Å². The van der Waals surface area contributed by atoms with Gasteiger partial charge in [-0.15, -0.1) is 0 Å². The number of nitrogens with zero attached hydrogens (tertiary/aromatic N) is 1. The van der Waals surface area contributed by atoms with Crippen molar-refractivity contribution >= 4 is 5.97 Å². The van der Waals surface area contributed by atoms with Gasteiger partial charge in [0.2, 0.25) is 0 Å². The third kappa shape index (κ3) is 3.73. The van der Waals surface area contributed by atoms with E-state index in [-0.39, 0.29) is 12.0 Å². The molecular formula is C11H21NO4. The normalized spacial score (nSPS) is 26.1. The average Bonchev–Trinajstić information content (AvgIpc) is 2.60. The lowest BCUT2D eigenvalue weighted by Crippen LogP contribution is -2.35. The largest absolute Gasteiger partial charge is 0.481 e. The van der Waals surface area contributed by atoms with Crippen molar-refractivity contribution < 1.29 is 19.4 Å². The van der Waals surface area contributed by atoms with Gasteiger partial charge in [0.05, 0.1) is 25.7 Å². The molecule has 0 aromatic carbocycles. The van der Waals surface area contributed by atoms with Crippen LogP contribution >= 0.6 is 0 Å². The predicted molar refractivity (Wildman–Crippen MR) is 59.5 cm³/mol. The van der Waals surface area contributed by atoms with Crippen molar-refractivity contribution in [3.63, 3.8) is 0 Å². The van der Waals surface area contributed by atoms with Gasteiger partial charge >= 0.3 is 5.97 Å². The van der Waals surface area contributed by atoms with Gasteiger partial charge in [0, 0.05) is 19.7 Å². The van der Waals surface area contributed by atoms with Crippen LogP contribution in [0.25, 0.3) is 0 Å². The van der Waals surface area contributed by atoms with Gasteiger partial charge in [-0.2, -0.15) is 0 Å². The number of carboxylic acid groups (broad SMARTS) is 1. The van der Waals surface area contributed by atoms with Crippen LogP contribution in [0.2, 0.25) is 0 Å². The number of likely N-dealkylation sites (tertiary alicyclic amines) is 1. The molecule has 1 saturated heterocycles. The highest BCUT2D eigenvalue weighted by Gasteiger charge is 2.34. The summed E-state index contributed by atoms with van der Waals surface area (Å²) in [4.78, 5) is 13.1. The van der Waals surface area contributed by atoms with Gasteiger partial charge in [-0.3, -0.25) is 9.69 Å². The lowest BCUT2D eigenvalue weighted by atomic mass is 10.0. The van der Waals surface area contributed by atoms with E-state index in [1.54, 1.807) is 7.11 Å². The fourth-order valence-electron chi connectivity index (χ4n) is 2.08. The standard InChI is InChI=1S/C11H21NO4/c1-9-10(11(13)14)3-4-12(9)5-6-16-8-7-15-2/h9-10H,3-8H2,1-2H3,(H,13,14). The second-order valence-corrected chi connectivity index (χ2v) is 4.12. The summed E-state index contributed by atoms with van der Waals surface area (Å²) in [5, 5.41) is 8.97. The minimum Gasteiger partial charge on any atom is -0.481 e. The quantitative estimate of drug-likeness (QED) is 0.644. The van der Waals surface area contributed by atoms with Crippen molar-refractivity contribution in [2.45, 2.75) is 19.4 Å². The molecule has 0 aromatic heterocycles. The van der Waals surface area contributed by atoms with Crippen LogP contribution in [0, 0.1) is 5.92 Å². The molecular weight excluding hydrogens is 210 g/mol. The molecule has 0 bridgehead atoms. The first-order chi connectivity index (χ1) is 7.66. The van der Waals surface area contributed by atoms with Gasteiger partial charge in [-0.25, -0.2) is 0 Å². The van der Waals surface area contributed by atoms with E-state index in [1.165, 1.54) is 0 Å². The Bertz CT molecular complexity index is 222. The molecule has 1 fully saturated rings. The molecule has 5 heteroatoms. The highest BCUT2D eigenvalue weighted by Crippen LogP contribution is 2.23. The Morgan fingerprint density at radius 2 is 2.19 bits per heavy atom. The van der Waals surface area contributed by atoms with E-state index in [0.29, 0.717) is 19.8 Å². The van der Waals surface area contributed by atoms with Crippen LogP contribution in [0.15, 0.2) is 0 Å². The second-order valence-electron chi connectivity index (χ2n) is 4.12. The Balaban J connectivity index is 2.16. The maximum atomic E-state index is 10.9. The molecule has 2 atom stereocenters. The Kier molecular flexibility index (Phi) is 5.73. The third-order valence-corrected chi connectivity index (χ3v) is 3.16. The molecule has 1 N–H and O–H groups in total. The minimum atomic E-state index is -0.685. The molecule has 1 rings (SSSR count). The van der Waals surface area contributed by atoms with Gasteiger partial charge in [0.15, 0.2) is 0 Å². The molecule has 16 heavy (non-hydrogen) atoms. The Morgan fingerprint density at radius 1 is 1.44 bits per heavy atom. The molecule has 2 unspecified atom stereocenters. The van der Waals surface area contributed by atoms with E-state index in [9.17, 15) is 4.79 Å². The first kappa shape index (κ1) is 13.4. The molecule has 5 nitrogen and oxygen atoms in total. The molecule has 0 saturated carbocycles. The van der Waals surface area contributed by atoms with Crippen LogP contribution in [-0.4, -0.2) is 62.0 Å². The number of aliphatic carboxylic acids is 1. The highest BCUT2D eigenvalue weighted by molar-refractivity contribution is 5.71. The van der Waals surface area contributed by atoms with Crippen LogP contribution in [0.4, 0.5) is 0 Å².